The van der Waals surface area contributed by atoms with Crippen LogP contribution in [0.1, 0.15) is 79.7 Å². The average molecular weight is 780 g/mol. The van der Waals surface area contributed by atoms with E-state index in [2.05, 4.69) is 37.0 Å². The first-order valence-electron chi connectivity index (χ1n) is 18.8. The molecular formula is C40H45ClF3N7O4. The molecule has 3 aliphatic rings. The van der Waals surface area contributed by atoms with Gasteiger partial charge in [0.2, 0.25) is 0 Å². The van der Waals surface area contributed by atoms with Crippen molar-refractivity contribution in [3.63, 3.8) is 0 Å². The number of amides is 1. The number of pyridine rings is 1. The van der Waals surface area contributed by atoms with Gasteiger partial charge in [-0.15, -0.1) is 5.10 Å². The molecule has 2 aromatic carbocycles. The van der Waals surface area contributed by atoms with Crippen LogP contribution in [0.4, 0.5) is 19.0 Å². The topological polar surface area (TPSA) is 106 Å². The fourth-order valence-corrected chi connectivity index (χ4v) is 8.36. The van der Waals surface area contributed by atoms with Crippen molar-refractivity contribution < 1.29 is 32.2 Å². The third kappa shape index (κ3) is 8.66. The highest BCUT2D eigenvalue weighted by atomic mass is 35.5. The number of halogens is 4. The fraction of sp³-hybridized carbons (Fsp3) is 0.475. The van der Waals surface area contributed by atoms with E-state index in [0.717, 1.165) is 55.4 Å². The van der Waals surface area contributed by atoms with Crippen LogP contribution in [0.25, 0.3) is 0 Å². The Kier molecular flexibility index (Phi) is 11.7. The predicted molar refractivity (Wildman–Crippen MR) is 200 cm³/mol. The van der Waals surface area contributed by atoms with E-state index in [4.69, 9.17) is 26.1 Å². The molecule has 7 rings (SSSR count). The van der Waals surface area contributed by atoms with Crippen LogP contribution in [0.15, 0.2) is 60.8 Å². The second-order valence-corrected chi connectivity index (χ2v) is 15.2. The maximum absolute atomic E-state index is 14.3. The van der Waals surface area contributed by atoms with Crippen LogP contribution in [0, 0.1) is 11.2 Å². The summed E-state index contributed by atoms with van der Waals surface area (Å²) in [7, 11) is 0. The molecule has 1 amide bonds. The summed E-state index contributed by atoms with van der Waals surface area (Å²) >= 11 is 6.48. The minimum absolute atomic E-state index is 0.00934. The van der Waals surface area contributed by atoms with Crippen LogP contribution in [0.5, 0.6) is 17.5 Å². The van der Waals surface area contributed by atoms with Gasteiger partial charge in [-0.2, -0.15) is 13.8 Å². The Hall–Kier alpha value is -4.53. The molecule has 15 heteroatoms. The van der Waals surface area contributed by atoms with E-state index in [1.807, 2.05) is 49.9 Å². The normalized spacial score (nSPS) is 17.9. The van der Waals surface area contributed by atoms with Crippen molar-refractivity contribution in [3.05, 3.63) is 94.1 Å². The van der Waals surface area contributed by atoms with Crippen molar-refractivity contribution in [3.8, 4) is 17.5 Å². The second kappa shape index (κ2) is 16.7. The standard InChI is InChI=1S/C40H45ClF3N7O4/c1-4-51(25(2)3)37(52)29-19-27(42)12-13-32(29)55-39-46-36(35(41)47-48-39)50-23-40(24-50)20-28(21-40)54-33-14-16-45-30-15-17-49(22-26-9-6-5-7-10-26)31(34(30)33)11-8-18-53-38(43)44/h5-7,9-10,12-14,16,19,25,28,31,38H,4,8,11,15,17-18,20-24H2,1-3H3. The number of hydrogen-bond donors (Lipinski definition) is 0. The number of rotatable bonds is 15. The number of anilines is 1. The van der Waals surface area contributed by atoms with Crippen molar-refractivity contribution in [2.75, 3.05) is 37.7 Å². The van der Waals surface area contributed by atoms with Crippen molar-refractivity contribution in [1.29, 1.82) is 0 Å². The second-order valence-electron chi connectivity index (χ2n) is 14.8. The zero-order valence-corrected chi connectivity index (χ0v) is 31.9. The number of hydrogen-bond acceptors (Lipinski definition) is 10. The third-order valence-corrected chi connectivity index (χ3v) is 11.0. The number of alkyl halides is 2. The number of aromatic nitrogens is 4. The molecule has 0 N–H and O–H groups in total. The largest absolute Gasteiger partial charge is 0.490 e. The van der Waals surface area contributed by atoms with Gasteiger partial charge in [-0.1, -0.05) is 47.0 Å². The maximum atomic E-state index is 14.3. The number of nitrogens with zero attached hydrogens (tertiary/aromatic N) is 7. The van der Waals surface area contributed by atoms with Crippen LogP contribution >= 0.6 is 11.6 Å². The van der Waals surface area contributed by atoms with Crippen LogP contribution < -0.4 is 14.4 Å². The smallest absolute Gasteiger partial charge is 0.345 e. The van der Waals surface area contributed by atoms with Crippen LogP contribution in [0.3, 0.4) is 0 Å². The number of fused-ring (bicyclic) bond motifs is 1. The van der Waals surface area contributed by atoms with E-state index >= 15 is 0 Å². The Morgan fingerprint density at radius 1 is 1.07 bits per heavy atom. The molecule has 4 heterocycles. The van der Waals surface area contributed by atoms with Crippen LogP contribution in [0.2, 0.25) is 5.15 Å². The van der Waals surface area contributed by atoms with E-state index in [1.54, 1.807) is 11.1 Å². The van der Waals surface area contributed by atoms with Gasteiger partial charge in [-0.25, -0.2) is 4.39 Å². The van der Waals surface area contributed by atoms with E-state index in [0.29, 0.717) is 38.3 Å². The highest BCUT2D eigenvalue weighted by molar-refractivity contribution is 6.31. The Bertz CT molecular complexity index is 1960. The highest BCUT2D eigenvalue weighted by Crippen LogP contribution is 2.52. The van der Waals surface area contributed by atoms with Gasteiger partial charge in [0, 0.05) is 68.4 Å². The highest BCUT2D eigenvalue weighted by Gasteiger charge is 2.54. The fourth-order valence-electron chi connectivity index (χ4n) is 8.16. The molecule has 0 radical (unpaired) electrons. The average Bonchev–Trinajstić information content (AvgIpc) is 3.13. The number of ether oxygens (including phenoxy) is 3. The van der Waals surface area contributed by atoms with E-state index in [-0.39, 0.29) is 58.6 Å². The summed E-state index contributed by atoms with van der Waals surface area (Å²) < 4.78 is 57.1. The van der Waals surface area contributed by atoms with Crippen molar-refractivity contribution in [2.24, 2.45) is 5.41 Å². The molecule has 1 atom stereocenters. The summed E-state index contributed by atoms with van der Waals surface area (Å²) in [5.41, 5.74) is 3.26. The van der Waals surface area contributed by atoms with Gasteiger partial charge >= 0.3 is 12.6 Å². The molecular weight excluding hydrogens is 735 g/mol. The summed E-state index contributed by atoms with van der Waals surface area (Å²) in [5.74, 6) is 0.385. The first-order valence-corrected chi connectivity index (χ1v) is 19.2. The van der Waals surface area contributed by atoms with E-state index < -0.39 is 12.4 Å². The summed E-state index contributed by atoms with van der Waals surface area (Å²) in [6.07, 6.45) is 5.29. The van der Waals surface area contributed by atoms with Crippen molar-refractivity contribution in [1.82, 2.24) is 30.0 Å². The Balaban J connectivity index is 1.01. The van der Waals surface area contributed by atoms with Gasteiger partial charge in [0.1, 0.15) is 23.4 Å². The Morgan fingerprint density at radius 3 is 2.58 bits per heavy atom. The molecule has 2 fully saturated rings. The van der Waals surface area contributed by atoms with Crippen molar-refractivity contribution >= 4 is 23.3 Å². The molecule has 0 bridgehead atoms. The van der Waals surface area contributed by atoms with E-state index in [9.17, 15) is 18.0 Å². The maximum Gasteiger partial charge on any atom is 0.345 e. The molecule has 1 aliphatic carbocycles. The van der Waals surface area contributed by atoms with Gasteiger partial charge in [0.05, 0.1) is 17.9 Å². The first kappa shape index (κ1) is 38.7. The molecule has 1 spiro atoms. The summed E-state index contributed by atoms with van der Waals surface area (Å²) in [4.78, 5) is 28.6. The quantitative estimate of drug-likeness (QED) is 0.111. The van der Waals surface area contributed by atoms with Gasteiger partial charge in [0.15, 0.2) is 11.0 Å². The molecule has 11 nitrogen and oxygen atoms in total. The molecule has 1 unspecified atom stereocenters. The summed E-state index contributed by atoms with van der Waals surface area (Å²) in [6, 6.07) is 15.6. The van der Waals surface area contributed by atoms with Gasteiger partial charge in [-0.05, 0) is 76.3 Å². The zero-order valence-electron chi connectivity index (χ0n) is 31.1. The molecule has 55 heavy (non-hydrogen) atoms. The van der Waals surface area contributed by atoms with Gasteiger partial charge in [-0.3, -0.25) is 14.7 Å². The molecule has 292 valence electrons. The molecule has 2 aromatic heterocycles. The molecule has 1 saturated heterocycles. The first-order chi connectivity index (χ1) is 26.5. The molecule has 2 aliphatic heterocycles. The lowest BCUT2D eigenvalue weighted by Gasteiger charge is -2.58. The Labute approximate surface area is 323 Å². The Morgan fingerprint density at radius 2 is 1.85 bits per heavy atom. The lowest BCUT2D eigenvalue weighted by molar-refractivity contribution is -0.130. The monoisotopic (exact) mass is 779 g/mol. The molecule has 1 saturated carbocycles. The van der Waals surface area contributed by atoms with Crippen LogP contribution in [-0.4, -0.2) is 87.4 Å². The lowest BCUT2D eigenvalue weighted by atomic mass is 9.61. The van der Waals surface area contributed by atoms with E-state index in [1.165, 1.54) is 17.7 Å². The zero-order chi connectivity index (χ0) is 38.7. The number of carbonyl (C=O) groups is 1. The summed E-state index contributed by atoms with van der Waals surface area (Å²) in [5, 5.41) is 8.18. The number of carbonyl (C=O) groups excluding carboxylic acids is 1. The van der Waals surface area contributed by atoms with Gasteiger partial charge < -0.3 is 24.0 Å². The molecule has 4 aromatic rings. The summed E-state index contributed by atoms with van der Waals surface area (Å²) in [6.45, 7) is 6.14. The van der Waals surface area contributed by atoms with Gasteiger partial charge in [0.25, 0.3) is 5.91 Å². The lowest BCUT2D eigenvalue weighted by Crippen LogP contribution is -2.65. The van der Waals surface area contributed by atoms with Crippen LogP contribution in [-0.2, 0) is 17.7 Å². The van der Waals surface area contributed by atoms with Crippen molar-refractivity contribution in [2.45, 2.75) is 84.2 Å². The minimum Gasteiger partial charge on any atom is -0.490 e. The number of benzene rings is 2. The predicted octanol–water partition coefficient (Wildman–Crippen LogP) is 7.89. The SMILES string of the molecule is CCN(C(=O)c1cc(F)ccc1Oc1nnc(Cl)c(N2CC3(CC(Oc4ccnc5c4C(CCCOC(F)F)N(Cc4ccccc4)CC5)C3)C2)n1)C(C)C. The minimum atomic E-state index is -2.79. The third-order valence-electron chi connectivity index (χ3n) is 10.7.